The molecule has 2 heterocycles. The molecule has 0 spiro atoms. The number of carbonyl (C=O) groups is 1. The average molecular weight is 370 g/mol. The number of benzene rings is 3. The van der Waals surface area contributed by atoms with Gasteiger partial charge in [0, 0.05) is 47.4 Å². The topological polar surface area (TPSA) is 43.3 Å². The fourth-order valence-corrected chi connectivity index (χ4v) is 4.12. The minimum atomic E-state index is 0.0691. The van der Waals surface area contributed by atoms with Gasteiger partial charge in [-0.05, 0) is 16.8 Å². The minimum absolute atomic E-state index is 0.0691. The molecule has 1 atom stereocenters. The number of carbonyl (C=O) groups excluding carboxylic acids is 1. The van der Waals surface area contributed by atoms with Crippen LogP contribution in [0, 0.1) is 0 Å². The van der Waals surface area contributed by atoms with E-state index in [1.54, 1.807) is 0 Å². The summed E-state index contributed by atoms with van der Waals surface area (Å²) in [5.74, 6) is 0.0691. The van der Waals surface area contributed by atoms with Gasteiger partial charge in [-0.3, -0.25) is 4.79 Å². The Morgan fingerprint density at radius 3 is 2.61 bits per heavy atom. The Bertz CT molecular complexity index is 1150. The molecule has 1 aliphatic heterocycles. The van der Waals surface area contributed by atoms with Gasteiger partial charge in [0.2, 0.25) is 0 Å². The molecule has 1 N–H and O–H groups in total. The molecule has 1 saturated heterocycles. The van der Waals surface area contributed by atoms with Crippen molar-refractivity contribution in [1.82, 2.24) is 9.88 Å². The second-order valence-corrected chi connectivity index (χ2v) is 7.29. The van der Waals surface area contributed by atoms with Crippen LogP contribution < -0.4 is 5.32 Å². The smallest absolute Gasteiger partial charge is 0.195 e. The molecule has 0 unspecified atom stereocenters. The van der Waals surface area contributed by atoms with Gasteiger partial charge in [0.25, 0.3) is 0 Å². The number of fused-ring (bicyclic) bond motifs is 2. The number of nitrogens with one attached hydrogen (secondary N) is 1. The first-order valence-corrected chi connectivity index (χ1v) is 9.73. The molecule has 0 bridgehead atoms. The summed E-state index contributed by atoms with van der Waals surface area (Å²) in [5, 5.41) is 6.57. The molecule has 4 nitrogen and oxygen atoms in total. The Morgan fingerprint density at radius 1 is 0.964 bits per heavy atom. The van der Waals surface area contributed by atoms with Crippen LogP contribution in [-0.4, -0.2) is 36.2 Å². The number of hydrogen-bond acceptors (Lipinski definition) is 3. The van der Waals surface area contributed by atoms with Gasteiger partial charge >= 0.3 is 0 Å². The van der Waals surface area contributed by atoms with Crippen molar-refractivity contribution in [1.29, 1.82) is 0 Å². The Morgan fingerprint density at radius 2 is 1.75 bits per heavy atom. The summed E-state index contributed by atoms with van der Waals surface area (Å²) in [6.07, 6.45) is 2.01. The summed E-state index contributed by atoms with van der Waals surface area (Å²) in [7, 11) is 0. The highest BCUT2D eigenvalue weighted by atomic mass is 16.5. The lowest BCUT2D eigenvalue weighted by Gasteiger charge is -2.24. The fourth-order valence-electron chi connectivity index (χ4n) is 4.12. The van der Waals surface area contributed by atoms with E-state index < -0.39 is 0 Å². The molecule has 0 aliphatic carbocycles. The number of hydrogen-bond donors (Lipinski definition) is 1. The van der Waals surface area contributed by atoms with Gasteiger partial charge in [-0.15, -0.1) is 0 Å². The van der Waals surface area contributed by atoms with E-state index >= 15 is 0 Å². The van der Waals surface area contributed by atoms with E-state index in [1.807, 2.05) is 66.9 Å². The zero-order valence-corrected chi connectivity index (χ0v) is 15.6. The number of ketones is 1. The van der Waals surface area contributed by atoms with Crippen molar-refractivity contribution in [3.8, 4) is 0 Å². The van der Waals surface area contributed by atoms with Crippen LogP contribution in [0.15, 0.2) is 72.9 Å². The van der Waals surface area contributed by atoms with Gasteiger partial charge < -0.3 is 14.6 Å². The largest absolute Gasteiger partial charge is 0.378 e. The van der Waals surface area contributed by atoms with Crippen molar-refractivity contribution < 1.29 is 9.53 Å². The predicted octanol–water partition coefficient (Wildman–Crippen LogP) is 4.01. The highest BCUT2D eigenvalue weighted by Gasteiger charge is 2.20. The maximum absolute atomic E-state index is 13.5. The molecule has 0 saturated carbocycles. The lowest BCUT2D eigenvalue weighted by Crippen LogP contribution is -2.43. The van der Waals surface area contributed by atoms with Gasteiger partial charge in [0.05, 0.1) is 13.2 Å². The number of morpholine rings is 1. The molecule has 0 radical (unpaired) electrons. The Hall–Kier alpha value is -2.95. The van der Waals surface area contributed by atoms with Crippen molar-refractivity contribution in [2.75, 3.05) is 19.8 Å². The first-order valence-electron chi connectivity index (χ1n) is 9.73. The molecule has 1 aromatic heterocycles. The zero-order chi connectivity index (χ0) is 18.9. The molecule has 4 heteroatoms. The van der Waals surface area contributed by atoms with E-state index in [0.717, 1.165) is 52.5 Å². The molecule has 5 rings (SSSR count). The summed E-state index contributed by atoms with van der Waals surface area (Å²) in [4.78, 5) is 13.5. The summed E-state index contributed by atoms with van der Waals surface area (Å²) in [6, 6.07) is 22.4. The zero-order valence-electron chi connectivity index (χ0n) is 15.6. The summed E-state index contributed by atoms with van der Waals surface area (Å²) in [6.45, 7) is 3.10. The molecule has 140 valence electrons. The molecule has 3 aromatic carbocycles. The standard InChI is InChI=1S/C24H22N2O2/c27-24(21-10-5-7-17-6-1-2-8-19(17)21)22-15-26(14-18-16-28-13-12-25-18)23-11-4-3-9-20(22)23/h1-11,15,18,25H,12-14,16H2/t18-/m0/s1. The number of ether oxygens (including phenoxy) is 1. The number of rotatable bonds is 4. The van der Waals surface area contributed by atoms with E-state index in [1.165, 1.54) is 0 Å². The van der Waals surface area contributed by atoms with Gasteiger partial charge in [0.15, 0.2) is 5.78 Å². The van der Waals surface area contributed by atoms with Crippen molar-refractivity contribution in [2.45, 2.75) is 12.6 Å². The minimum Gasteiger partial charge on any atom is -0.378 e. The van der Waals surface area contributed by atoms with Crippen molar-refractivity contribution in [3.05, 3.63) is 84.1 Å². The third-order valence-corrected chi connectivity index (χ3v) is 5.48. The maximum Gasteiger partial charge on any atom is 0.195 e. The van der Waals surface area contributed by atoms with E-state index in [0.29, 0.717) is 6.61 Å². The maximum atomic E-state index is 13.5. The quantitative estimate of drug-likeness (QED) is 0.552. The van der Waals surface area contributed by atoms with E-state index in [4.69, 9.17) is 4.74 Å². The van der Waals surface area contributed by atoms with Crippen LogP contribution >= 0.6 is 0 Å². The first-order chi connectivity index (χ1) is 13.8. The molecule has 0 amide bonds. The lowest BCUT2D eigenvalue weighted by molar-refractivity contribution is 0.0718. The highest BCUT2D eigenvalue weighted by Crippen LogP contribution is 2.27. The summed E-state index contributed by atoms with van der Waals surface area (Å²) < 4.78 is 7.78. The summed E-state index contributed by atoms with van der Waals surface area (Å²) in [5.41, 5.74) is 2.59. The Labute approximate surface area is 163 Å². The Balaban J connectivity index is 1.59. The fraction of sp³-hybridized carbons (Fsp3) is 0.208. The van der Waals surface area contributed by atoms with Crippen LogP contribution in [0.1, 0.15) is 15.9 Å². The van der Waals surface area contributed by atoms with E-state index in [2.05, 4.69) is 16.0 Å². The van der Waals surface area contributed by atoms with Gasteiger partial charge in [0.1, 0.15) is 0 Å². The Kier molecular flexibility index (Phi) is 4.43. The SMILES string of the molecule is O=C(c1cccc2ccccc12)c1cn(C[C@H]2COCCN2)c2ccccc12. The highest BCUT2D eigenvalue weighted by molar-refractivity contribution is 6.21. The third-order valence-electron chi connectivity index (χ3n) is 5.48. The second-order valence-electron chi connectivity index (χ2n) is 7.29. The van der Waals surface area contributed by atoms with Crippen LogP contribution in [0.3, 0.4) is 0 Å². The normalized spacial score (nSPS) is 17.2. The number of para-hydroxylation sites is 1. The van der Waals surface area contributed by atoms with Crippen LogP contribution in [0.25, 0.3) is 21.7 Å². The molecular formula is C24H22N2O2. The van der Waals surface area contributed by atoms with E-state index in [9.17, 15) is 4.79 Å². The average Bonchev–Trinajstić information content (AvgIpc) is 3.12. The summed E-state index contributed by atoms with van der Waals surface area (Å²) >= 11 is 0. The van der Waals surface area contributed by atoms with E-state index in [-0.39, 0.29) is 11.8 Å². The van der Waals surface area contributed by atoms with Crippen LogP contribution in [0.5, 0.6) is 0 Å². The van der Waals surface area contributed by atoms with Gasteiger partial charge in [-0.1, -0.05) is 60.7 Å². The van der Waals surface area contributed by atoms with Crippen molar-refractivity contribution >= 4 is 27.5 Å². The number of aromatic nitrogens is 1. The molecule has 4 aromatic rings. The van der Waals surface area contributed by atoms with Crippen molar-refractivity contribution in [2.24, 2.45) is 0 Å². The van der Waals surface area contributed by atoms with Crippen LogP contribution in [-0.2, 0) is 11.3 Å². The monoisotopic (exact) mass is 370 g/mol. The molecule has 1 fully saturated rings. The molecular weight excluding hydrogens is 348 g/mol. The van der Waals surface area contributed by atoms with Gasteiger partial charge in [-0.25, -0.2) is 0 Å². The lowest BCUT2D eigenvalue weighted by atomic mass is 9.97. The van der Waals surface area contributed by atoms with Crippen LogP contribution in [0.4, 0.5) is 0 Å². The van der Waals surface area contributed by atoms with Crippen LogP contribution in [0.2, 0.25) is 0 Å². The predicted molar refractivity (Wildman–Crippen MR) is 112 cm³/mol. The number of nitrogens with zero attached hydrogens (tertiary/aromatic N) is 1. The third kappa shape index (κ3) is 3.01. The molecule has 28 heavy (non-hydrogen) atoms. The first kappa shape index (κ1) is 17.2. The van der Waals surface area contributed by atoms with Gasteiger partial charge in [-0.2, -0.15) is 0 Å². The van der Waals surface area contributed by atoms with Crippen molar-refractivity contribution in [3.63, 3.8) is 0 Å². The molecule has 1 aliphatic rings. The second kappa shape index (κ2) is 7.23.